The van der Waals surface area contributed by atoms with E-state index in [4.69, 9.17) is 9.57 Å². The maximum Gasteiger partial charge on any atom is 0.407 e. The molecule has 0 spiro atoms. The monoisotopic (exact) mass is 473 g/mol. The largest absolute Gasteiger partial charge is 0.445 e. The van der Waals surface area contributed by atoms with Crippen LogP contribution in [-0.2, 0) is 27.4 Å². The average Bonchev–Trinajstić information content (AvgIpc) is 3.30. The molecule has 1 heterocycles. The van der Waals surface area contributed by atoms with E-state index in [1.165, 1.54) is 0 Å². The fraction of sp³-hybridized carbons (Fsp3) is 0.160. The Bertz CT molecular complexity index is 1290. The van der Waals surface area contributed by atoms with Crippen molar-refractivity contribution in [1.82, 2.24) is 25.8 Å². The predicted molar refractivity (Wildman–Crippen MR) is 126 cm³/mol. The first-order chi connectivity index (χ1) is 17.1. The number of ether oxygens (including phenoxy) is 1. The van der Waals surface area contributed by atoms with Crippen LogP contribution in [0.25, 0.3) is 11.0 Å². The highest BCUT2D eigenvalue weighted by Gasteiger charge is 2.25. The minimum atomic E-state index is -1.03. The number of fused-ring (bicyclic) bond motifs is 1. The van der Waals surface area contributed by atoms with Gasteiger partial charge in [0.15, 0.2) is 0 Å². The van der Waals surface area contributed by atoms with Crippen LogP contribution in [0.4, 0.5) is 4.79 Å². The molecule has 0 aliphatic carbocycles. The van der Waals surface area contributed by atoms with Crippen LogP contribution in [0.15, 0.2) is 84.9 Å². The van der Waals surface area contributed by atoms with Gasteiger partial charge in [0.25, 0.3) is 0 Å². The standard InChI is InChI=1S/C25H23N5O5/c31-23(16-26-25(33)34-17-19-11-5-2-6-12-19)27-21(15-18-9-3-1-4-10-18)24(32)35-30-22-14-8-7-13-20(22)28-29-30/h1-14,21H,15-17H2,(H,26,33)(H,27,31). The van der Waals surface area contributed by atoms with E-state index in [0.717, 1.165) is 16.0 Å². The summed E-state index contributed by atoms with van der Waals surface area (Å²) >= 11 is 0. The molecule has 2 N–H and O–H groups in total. The van der Waals surface area contributed by atoms with Crippen molar-refractivity contribution in [2.75, 3.05) is 6.54 Å². The lowest BCUT2D eigenvalue weighted by Crippen LogP contribution is -2.49. The van der Waals surface area contributed by atoms with Crippen molar-refractivity contribution in [2.24, 2.45) is 0 Å². The Morgan fingerprint density at radius 2 is 1.51 bits per heavy atom. The molecule has 4 aromatic rings. The first kappa shape index (κ1) is 23.4. The number of hydrogen-bond acceptors (Lipinski definition) is 7. The summed E-state index contributed by atoms with van der Waals surface area (Å²) in [5, 5.41) is 12.8. The van der Waals surface area contributed by atoms with Crippen LogP contribution in [0.5, 0.6) is 0 Å². The SMILES string of the molecule is O=C(CNC(=O)OCc1ccccc1)NC(Cc1ccccc1)C(=O)On1nnc2ccccc21. The molecule has 10 heteroatoms. The molecule has 1 aromatic heterocycles. The van der Waals surface area contributed by atoms with E-state index in [1.54, 1.807) is 24.3 Å². The Balaban J connectivity index is 1.36. The van der Waals surface area contributed by atoms with Gasteiger partial charge in [-0.2, -0.15) is 0 Å². The highest BCUT2D eigenvalue weighted by atomic mass is 16.7. The molecule has 4 rings (SSSR count). The number of amides is 2. The van der Waals surface area contributed by atoms with Crippen LogP contribution in [0, 0.1) is 0 Å². The number of carbonyl (C=O) groups excluding carboxylic acids is 3. The highest BCUT2D eigenvalue weighted by molar-refractivity contribution is 5.87. The van der Waals surface area contributed by atoms with Gasteiger partial charge in [-0.15, -0.1) is 5.10 Å². The molecular formula is C25H23N5O5. The Kier molecular flexibility index (Phi) is 7.64. The maximum absolute atomic E-state index is 13.0. The number of rotatable bonds is 9. The first-order valence-electron chi connectivity index (χ1n) is 10.9. The van der Waals surface area contributed by atoms with Gasteiger partial charge in [0, 0.05) is 6.42 Å². The summed E-state index contributed by atoms with van der Waals surface area (Å²) < 4.78 is 5.10. The molecule has 0 saturated heterocycles. The molecule has 35 heavy (non-hydrogen) atoms. The fourth-order valence-electron chi connectivity index (χ4n) is 3.28. The van der Waals surface area contributed by atoms with Gasteiger partial charge in [-0.25, -0.2) is 9.59 Å². The minimum absolute atomic E-state index is 0.0725. The van der Waals surface area contributed by atoms with E-state index >= 15 is 0 Å². The molecule has 3 aromatic carbocycles. The number of benzene rings is 3. The lowest BCUT2D eigenvalue weighted by atomic mass is 10.1. The molecular weight excluding hydrogens is 450 g/mol. The van der Waals surface area contributed by atoms with E-state index in [0.29, 0.717) is 11.0 Å². The third kappa shape index (κ3) is 6.64. The molecule has 0 saturated carbocycles. The Morgan fingerprint density at radius 3 is 2.26 bits per heavy atom. The van der Waals surface area contributed by atoms with Crippen molar-refractivity contribution >= 4 is 29.0 Å². The van der Waals surface area contributed by atoms with E-state index in [2.05, 4.69) is 20.9 Å². The van der Waals surface area contributed by atoms with Crippen molar-refractivity contribution in [3.05, 3.63) is 96.1 Å². The average molecular weight is 473 g/mol. The topological polar surface area (TPSA) is 124 Å². The Labute approximate surface area is 200 Å². The van der Waals surface area contributed by atoms with Crippen LogP contribution in [0.3, 0.4) is 0 Å². The van der Waals surface area contributed by atoms with Crippen LogP contribution < -0.4 is 15.5 Å². The Hall–Kier alpha value is -4.73. The number of nitrogens with zero attached hydrogens (tertiary/aromatic N) is 3. The zero-order chi connectivity index (χ0) is 24.5. The summed E-state index contributed by atoms with van der Waals surface area (Å²) in [5.41, 5.74) is 2.70. The molecule has 0 fully saturated rings. The van der Waals surface area contributed by atoms with Gasteiger partial charge >= 0.3 is 12.1 Å². The summed E-state index contributed by atoms with van der Waals surface area (Å²) in [7, 11) is 0. The van der Waals surface area contributed by atoms with Gasteiger partial charge in [-0.05, 0) is 28.5 Å². The van der Waals surface area contributed by atoms with Gasteiger partial charge in [0.1, 0.15) is 30.2 Å². The van der Waals surface area contributed by atoms with Gasteiger partial charge < -0.3 is 20.2 Å². The fourth-order valence-corrected chi connectivity index (χ4v) is 3.28. The molecule has 2 amide bonds. The summed E-state index contributed by atoms with van der Waals surface area (Å²) in [5.74, 6) is -1.31. The molecule has 0 aliphatic heterocycles. The van der Waals surface area contributed by atoms with Gasteiger partial charge in [0.2, 0.25) is 5.91 Å². The number of hydrogen-bond donors (Lipinski definition) is 2. The summed E-state index contributed by atoms with van der Waals surface area (Å²) in [6.07, 6.45) is -0.573. The molecule has 1 atom stereocenters. The van der Waals surface area contributed by atoms with Crippen molar-refractivity contribution in [3.63, 3.8) is 0 Å². The van der Waals surface area contributed by atoms with Crippen LogP contribution in [-0.4, -0.2) is 45.7 Å². The highest BCUT2D eigenvalue weighted by Crippen LogP contribution is 2.09. The van der Waals surface area contributed by atoms with E-state index in [-0.39, 0.29) is 19.6 Å². The van der Waals surface area contributed by atoms with E-state index < -0.39 is 24.0 Å². The van der Waals surface area contributed by atoms with Crippen LogP contribution >= 0.6 is 0 Å². The van der Waals surface area contributed by atoms with Crippen LogP contribution in [0.1, 0.15) is 11.1 Å². The molecule has 0 aliphatic rings. The quantitative estimate of drug-likeness (QED) is 0.357. The van der Waals surface area contributed by atoms with Crippen molar-refractivity contribution < 1.29 is 24.0 Å². The number of para-hydroxylation sites is 1. The van der Waals surface area contributed by atoms with Crippen molar-refractivity contribution in [3.8, 4) is 0 Å². The smallest absolute Gasteiger partial charge is 0.407 e. The van der Waals surface area contributed by atoms with E-state index in [9.17, 15) is 14.4 Å². The summed E-state index contributed by atoms with van der Waals surface area (Å²) in [6, 6.07) is 24.3. The predicted octanol–water partition coefficient (Wildman–Crippen LogP) is 2.04. The minimum Gasteiger partial charge on any atom is -0.445 e. The second-order valence-electron chi connectivity index (χ2n) is 7.59. The number of nitrogens with one attached hydrogen (secondary N) is 2. The van der Waals surface area contributed by atoms with Gasteiger partial charge in [0.05, 0.1) is 0 Å². The normalized spacial score (nSPS) is 11.4. The second-order valence-corrected chi connectivity index (χ2v) is 7.59. The van der Waals surface area contributed by atoms with Gasteiger partial charge in [-0.3, -0.25) is 4.79 Å². The first-order valence-corrected chi connectivity index (χ1v) is 10.9. The van der Waals surface area contributed by atoms with E-state index in [1.807, 2.05) is 60.7 Å². The number of aromatic nitrogens is 3. The zero-order valence-electron chi connectivity index (χ0n) is 18.7. The molecule has 178 valence electrons. The third-order valence-electron chi connectivity index (χ3n) is 5.01. The lowest BCUT2D eigenvalue weighted by molar-refractivity contribution is -0.149. The van der Waals surface area contributed by atoms with Crippen LogP contribution in [0.2, 0.25) is 0 Å². The molecule has 0 bridgehead atoms. The van der Waals surface area contributed by atoms with Crippen molar-refractivity contribution in [2.45, 2.75) is 19.1 Å². The van der Waals surface area contributed by atoms with Gasteiger partial charge in [-0.1, -0.05) is 77.6 Å². The zero-order valence-corrected chi connectivity index (χ0v) is 18.7. The summed E-state index contributed by atoms with van der Waals surface area (Å²) in [6.45, 7) is -0.304. The number of carbonyl (C=O) groups is 3. The number of alkyl carbamates (subject to hydrolysis) is 1. The molecule has 1 unspecified atom stereocenters. The maximum atomic E-state index is 13.0. The molecule has 10 nitrogen and oxygen atoms in total. The Morgan fingerprint density at radius 1 is 0.857 bits per heavy atom. The lowest BCUT2D eigenvalue weighted by Gasteiger charge is -2.17. The summed E-state index contributed by atoms with van der Waals surface area (Å²) in [4.78, 5) is 43.8. The second kappa shape index (κ2) is 11.4. The molecule has 0 radical (unpaired) electrons. The van der Waals surface area contributed by atoms with Crippen molar-refractivity contribution in [1.29, 1.82) is 0 Å². The third-order valence-corrected chi connectivity index (χ3v) is 5.01.